The number of halogens is 2. The standard InChI is InChI=1S/C17H11BrClN5O5/c18-17-22-11(12(19)23-17)14(27)20-6-1-2-7-8(5-6)16(29)24(15(7)28)9-3-4-10(25)21-13(9)26/h1-2,5,9H,3-4H2,(H,20,27)(H,22,23)(H,21,25,26). The van der Waals surface area contributed by atoms with Crippen LogP contribution >= 0.6 is 27.5 Å². The van der Waals surface area contributed by atoms with Crippen LogP contribution in [0.15, 0.2) is 22.9 Å². The van der Waals surface area contributed by atoms with Crippen molar-refractivity contribution in [1.29, 1.82) is 0 Å². The Morgan fingerprint density at radius 3 is 2.59 bits per heavy atom. The van der Waals surface area contributed by atoms with E-state index in [0.717, 1.165) is 4.90 Å². The molecule has 148 valence electrons. The van der Waals surface area contributed by atoms with E-state index in [1.54, 1.807) is 0 Å². The van der Waals surface area contributed by atoms with Crippen molar-refractivity contribution in [3.8, 4) is 0 Å². The van der Waals surface area contributed by atoms with Crippen molar-refractivity contribution < 1.29 is 24.0 Å². The SMILES string of the molecule is O=C1CCC(N2C(=O)c3ccc(NC(=O)c4nc(Br)[nH]c4Cl)cc3C2=O)C(=O)N1. The zero-order chi connectivity index (χ0) is 20.9. The van der Waals surface area contributed by atoms with E-state index >= 15 is 0 Å². The number of imidazole rings is 1. The molecule has 1 fully saturated rings. The van der Waals surface area contributed by atoms with Crippen molar-refractivity contribution in [2.45, 2.75) is 18.9 Å². The van der Waals surface area contributed by atoms with Gasteiger partial charge in [0.1, 0.15) is 11.2 Å². The summed E-state index contributed by atoms with van der Waals surface area (Å²) in [5.74, 6) is -3.05. The molecule has 0 spiro atoms. The van der Waals surface area contributed by atoms with Gasteiger partial charge >= 0.3 is 0 Å². The molecule has 0 aliphatic carbocycles. The highest BCUT2D eigenvalue weighted by molar-refractivity contribution is 9.10. The van der Waals surface area contributed by atoms with Gasteiger partial charge in [-0.05, 0) is 40.5 Å². The smallest absolute Gasteiger partial charge is 0.277 e. The first-order valence-corrected chi connectivity index (χ1v) is 9.51. The molecule has 1 unspecified atom stereocenters. The maximum Gasteiger partial charge on any atom is 0.277 e. The second kappa shape index (κ2) is 7.08. The summed E-state index contributed by atoms with van der Waals surface area (Å²) in [7, 11) is 0. The highest BCUT2D eigenvalue weighted by atomic mass is 79.9. The lowest BCUT2D eigenvalue weighted by Crippen LogP contribution is -2.54. The van der Waals surface area contributed by atoms with Gasteiger partial charge in [0.25, 0.3) is 17.7 Å². The Morgan fingerprint density at radius 1 is 1.21 bits per heavy atom. The molecule has 3 N–H and O–H groups in total. The molecule has 0 saturated carbocycles. The monoisotopic (exact) mass is 479 g/mol. The van der Waals surface area contributed by atoms with E-state index in [1.165, 1.54) is 18.2 Å². The Labute approximate surface area is 176 Å². The Hall–Kier alpha value is -3.05. The minimum Gasteiger partial charge on any atom is -0.323 e. The number of carbonyl (C=O) groups is 5. The van der Waals surface area contributed by atoms with Gasteiger partial charge in [-0.3, -0.25) is 34.2 Å². The van der Waals surface area contributed by atoms with Crippen LogP contribution in [0.3, 0.4) is 0 Å². The van der Waals surface area contributed by atoms with Crippen LogP contribution in [0.5, 0.6) is 0 Å². The van der Waals surface area contributed by atoms with Gasteiger partial charge in [-0.1, -0.05) is 11.6 Å². The molecule has 2 aliphatic heterocycles. The lowest BCUT2D eigenvalue weighted by Gasteiger charge is -2.27. The molecule has 10 nitrogen and oxygen atoms in total. The third-order valence-electron chi connectivity index (χ3n) is 4.54. The number of benzene rings is 1. The average Bonchev–Trinajstić information content (AvgIpc) is 3.12. The number of anilines is 1. The largest absolute Gasteiger partial charge is 0.323 e. The zero-order valence-electron chi connectivity index (χ0n) is 14.4. The summed E-state index contributed by atoms with van der Waals surface area (Å²) in [6, 6.07) is 3.12. The van der Waals surface area contributed by atoms with Gasteiger partial charge in [0.05, 0.1) is 11.1 Å². The third kappa shape index (κ3) is 3.32. The van der Waals surface area contributed by atoms with Gasteiger partial charge in [-0.2, -0.15) is 0 Å². The molecule has 29 heavy (non-hydrogen) atoms. The number of aromatic nitrogens is 2. The van der Waals surface area contributed by atoms with Crippen molar-refractivity contribution >= 4 is 62.8 Å². The topological polar surface area (TPSA) is 141 Å². The minimum atomic E-state index is -1.06. The molecular formula is C17H11BrClN5O5. The van der Waals surface area contributed by atoms with Crippen molar-refractivity contribution in [3.05, 3.63) is 44.9 Å². The highest BCUT2D eigenvalue weighted by Crippen LogP contribution is 2.30. The normalized spacial score (nSPS) is 18.7. The summed E-state index contributed by atoms with van der Waals surface area (Å²) in [6.07, 6.45) is 0.0946. The van der Waals surface area contributed by atoms with Gasteiger partial charge in [0.15, 0.2) is 10.4 Å². The Bertz CT molecular complexity index is 1110. The first-order valence-electron chi connectivity index (χ1n) is 8.34. The summed E-state index contributed by atoms with van der Waals surface area (Å²) in [6.45, 7) is 0. The van der Waals surface area contributed by atoms with E-state index in [1.807, 2.05) is 0 Å². The number of rotatable bonds is 3. The van der Waals surface area contributed by atoms with Crippen molar-refractivity contribution in [1.82, 2.24) is 20.2 Å². The van der Waals surface area contributed by atoms with E-state index in [2.05, 4.69) is 36.5 Å². The van der Waals surface area contributed by atoms with Gasteiger partial charge < -0.3 is 10.3 Å². The summed E-state index contributed by atoms with van der Waals surface area (Å²) in [5.41, 5.74) is 0.354. The predicted molar refractivity (Wildman–Crippen MR) is 102 cm³/mol. The van der Waals surface area contributed by atoms with E-state index in [4.69, 9.17) is 11.6 Å². The quantitative estimate of drug-likeness (QED) is 0.568. The fourth-order valence-corrected chi connectivity index (χ4v) is 3.92. The number of nitrogens with zero attached hydrogens (tertiary/aromatic N) is 2. The van der Waals surface area contributed by atoms with Gasteiger partial charge in [-0.25, -0.2) is 4.98 Å². The second-order valence-corrected chi connectivity index (χ2v) is 7.48. The maximum absolute atomic E-state index is 12.8. The highest BCUT2D eigenvalue weighted by Gasteiger charge is 2.44. The fraction of sp³-hybridized carbons (Fsp3) is 0.176. The molecular weight excluding hydrogens is 470 g/mol. The van der Waals surface area contributed by atoms with Crippen LogP contribution < -0.4 is 10.6 Å². The van der Waals surface area contributed by atoms with Crippen LogP contribution in [0.1, 0.15) is 44.0 Å². The molecule has 1 atom stereocenters. The molecule has 1 saturated heterocycles. The molecule has 3 heterocycles. The number of carbonyl (C=O) groups excluding carboxylic acids is 5. The fourth-order valence-electron chi connectivity index (χ4n) is 3.21. The van der Waals surface area contributed by atoms with E-state index < -0.39 is 35.6 Å². The number of imide groups is 2. The number of hydrogen-bond acceptors (Lipinski definition) is 6. The lowest BCUT2D eigenvalue weighted by atomic mass is 10.0. The Balaban J connectivity index is 1.59. The zero-order valence-corrected chi connectivity index (χ0v) is 16.8. The summed E-state index contributed by atoms with van der Waals surface area (Å²) in [4.78, 5) is 68.5. The van der Waals surface area contributed by atoms with Gasteiger partial charge in [-0.15, -0.1) is 0 Å². The Kier molecular flexibility index (Phi) is 4.71. The van der Waals surface area contributed by atoms with Crippen molar-refractivity contribution in [3.63, 3.8) is 0 Å². The molecule has 2 aliphatic rings. The molecule has 0 radical (unpaired) electrons. The van der Waals surface area contributed by atoms with E-state index in [-0.39, 0.29) is 45.2 Å². The second-order valence-electron chi connectivity index (χ2n) is 6.35. The predicted octanol–water partition coefficient (Wildman–Crippen LogP) is 1.48. The van der Waals surface area contributed by atoms with E-state index in [0.29, 0.717) is 0 Å². The van der Waals surface area contributed by atoms with Gasteiger partial charge in [0, 0.05) is 12.1 Å². The first kappa shape index (κ1) is 19.3. The van der Waals surface area contributed by atoms with Crippen LogP contribution in [-0.4, -0.2) is 50.4 Å². The van der Waals surface area contributed by atoms with Crippen LogP contribution in [0, 0.1) is 0 Å². The van der Waals surface area contributed by atoms with Crippen molar-refractivity contribution in [2.24, 2.45) is 0 Å². The van der Waals surface area contributed by atoms with Gasteiger partial charge in [0.2, 0.25) is 11.8 Å². The number of aromatic amines is 1. The first-order chi connectivity index (χ1) is 13.8. The summed E-state index contributed by atoms with van der Waals surface area (Å²) in [5, 5.41) is 4.72. The van der Waals surface area contributed by atoms with Crippen LogP contribution in [-0.2, 0) is 9.59 Å². The molecule has 1 aromatic heterocycles. The number of H-pyrrole nitrogens is 1. The minimum absolute atomic E-state index is 0.0328. The molecule has 1 aromatic carbocycles. The van der Waals surface area contributed by atoms with Crippen LogP contribution in [0.4, 0.5) is 5.69 Å². The summed E-state index contributed by atoms with van der Waals surface area (Å²) < 4.78 is 0.280. The molecule has 4 rings (SSSR count). The maximum atomic E-state index is 12.8. The van der Waals surface area contributed by atoms with Crippen LogP contribution in [0.25, 0.3) is 0 Å². The molecule has 5 amide bonds. The molecule has 0 bridgehead atoms. The third-order valence-corrected chi connectivity index (χ3v) is 5.19. The number of amides is 5. The Morgan fingerprint density at radius 2 is 1.93 bits per heavy atom. The molecule has 12 heteroatoms. The number of nitrogens with one attached hydrogen (secondary N) is 3. The number of fused-ring (bicyclic) bond motifs is 1. The van der Waals surface area contributed by atoms with Crippen molar-refractivity contribution in [2.75, 3.05) is 5.32 Å². The number of hydrogen-bond donors (Lipinski definition) is 3. The van der Waals surface area contributed by atoms with Crippen LogP contribution in [0.2, 0.25) is 5.15 Å². The molecule has 2 aromatic rings. The number of piperidine rings is 1. The summed E-state index contributed by atoms with van der Waals surface area (Å²) >= 11 is 8.97. The van der Waals surface area contributed by atoms with E-state index in [9.17, 15) is 24.0 Å². The lowest BCUT2D eigenvalue weighted by molar-refractivity contribution is -0.136. The average molecular weight is 481 g/mol.